The van der Waals surface area contributed by atoms with Gasteiger partial charge in [0.05, 0.1) is 0 Å². The summed E-state index contributed by atoms with van der Waals surface area (Å²) in [4.78, 5) is 0. The Bertz CT molecular complexity index is 668. The van der Waals surface area contributed by atoms with E-state index in [1.807, 2.05) is 20.8 Å². The molecule has 0 amide bonds. The van der Waals surface area contributed by atoms with Crippen molar-refractivity contribution >= 4 is 20.1 Å². The van der Waals surface area contributed by atoms with Crippen LogP contribution in [-0.2, 0) is 20.1 Å². The summed E-state index contributed by atoms with van der Waals surface area (Å²) in [6, 6.07) is 0. The first kappa shape index (κ1) is 28.7. The van der Waals surface area contributed by atoms with Gasteiger partial charge in [0, 0.05) is 13.1 Å². The molecule has 176 valence electrons. The van der Waals surface area contributed by atoms with Gasteiger partial charge in [-0.25, -0.2) is 21.5 Å². The Labute approximate surface area is 176 Å². The molecule has 6 nitrogen and oxygen atoms in total. The molecule has 0 saturated carbocycles. The van der Waals surface area contributed by atoms with E-state index in [4.69, 9.17) is 0 Å². The number of hydrogen-bond donors (Lipinski definition) is 1. The molecular weight excluding hydrogens is 424 g/mol. The maximum absolute atomic E-state index is 15.1. The summed E-state index contributed by atoms with van der Waals surface area (Å²) in [5.41, 5.74) is 0. The molecule has 0 aliphatic rings. The maximum atomic E-state index is 15.1. The Hall–Kier alpha value is -0.320. The fourth-order valence-electron chi connectivity index (χ4n) is 3.61. The molecule has 0 fully saturated rings. The summed E-state index contributed by atoms with van der Waals surface area (Å²) in [7, 11) is -9.58. The van der Waals surface area contributed by atoms with Crippen molar-refractivity contribution in [1.82, 2.24) is 4.31 Å². The second kappa shape index (κ2) is 12.5. The predicted octanol–water partition coefficient (Wildman–Crippen LogP) is 4.72. The first-order valence-electron chi connectivity index (χ1n) is 10.7. The van der Waals surface area contributed by atoms with Gasteiger partial charge in [-0.05, 0) is 31.6 Å². The van der Waals surface area contributed by atoms with Gasteiger partial charge < -0.3 is 0 Å². The van der Waals surface area contributed by atoms with E-state index in [0.29, 0.717) is 12.8 Å². The molecule has 0 aromatic heterocycles. The summed E-state index contributed by atoms with van der Waals surface area (Å²) in [5, 5.41) is -4.66. The van der Waals surface area contributed by atoms with Gasteiger partial charge in [0.1, 0.15) is 5.25 Å². The molecule has 0 heterocycles. The normalized spacial score (nSPS) is 16.7. The Kier molecular flexibility index (Phi) is 12.4. The first-order valence-corrected chi connectivity index (χ1v) is 13.7. The molecule has 10 heteroatoms. The minimum atomic E-state index is -5.10. The van der Waals surface area contributed by atoms with Gasteiger partial charge in [0.25, 0.3) is 16.0 Å². The number of hydrogen-bond acceptors (Lipinski definition) is 4. The van der Waals surface area contributed by atoms with E-state index in [0.717, 1.165) is 30.0 Å². The molecule has 0 spiro atoms. The maximum Gasteiger partial charge on any atom is 0.284 e. The van der Waals surface area contributed by atoms with Crippen molar-refractivity contribution in [1.29, 1.82) is 0 Å². The van der Waals surface area contributed by atoms with Crippen LogP contribution in [-0.4, -0.2) is 55.2 Å². The molecule has 0 aliphatic carbocycles. The Morgan fingerprint density at radius 1 is 0.862 bits per heavy atom. The minimum absolute atomic E-state index is 0.0521. The van der Waals surface area contributed by atoms with Crippen molar-refractivity contribution in [3.63, 3.8) is 0 Å². The molecule has 29 heavy (non-hydrogen) atoms. The Morgan fingerprint density at radius 3 is 1.76 bits per heavy atom. The van der Waals surface area contributed by atoms with E-state index in [1.54, 1.807) is 0 Å². The average Bonchev–Trinajstić information content (AvgIpc) is 2.59. The molecule has 0 rings (SSSR count). The Morgan fingerprint density at radius 2 is 1.38 bits per heavy atom. The molecule has 0 radical (unpaired) electrons. The number of alkyl halides is 2. The smallest absolute Gasteiger partial charge is 0.284 e. The van der Waals surface area contributed by atoms with Gasteiger partial charge in [-0.2, -0.15) is 8.42 Å². The second-order valence-corrected chi connectivity index (χ2v) is 11.4. The third kappa shape index (κ3) is 8.03. The largest absolute Gasteiger partial charge is 0.285 e. The zero-order chi connectivity index (χ0) is 22.9. The van der Waals surface area contributed by atoms with Crippen molar-refractivity contribution in [2.75, 3.05) is 13.1 Å². The van der Waals surface area contributed by atoms with E-state index < -0.39 is 49.4 Å². The van der Waals surface area contributed by atoms with Crippen molar-refractivity contribution in [3.8, 4) is 0 Å². The van der Waals surface area contributed by atoms with Gasteiger partial charge in [-0.15, -0.1) is 0 Å². The highest BCUT2D eigenvalue weighted by Gasteiger charge is 2.57. The van der Waals surface area contributed by atoms with Crippen LogP contribution in [0.25, 0.3) is 0 Å². The molecule has 3 atom stereocenters. The lowest BCUT2D eigenvalue weighted by molar-refractivity contribution is -0.0129. The quantitative estimate of drug-likeness (QED) is 0.335. The summed E-state index contributed by atoms with van der Waals surface area (Å²) < 4.78 is 90.1. The lowest BCUT2D eigenvalue weighted by Crippen LogP contribution is -2.55. The van der Waals surface area contributed by atoms with Gasteiger partial charge in [0.2, 0.25) is 10.0 Å². The number of unbranched alkanes of at least 4 members (excludes halogenated alkanes) is 2. The molecule has 0 aromatic rings. The van der Waals surface area contributed by atoms with Gasteiger partial charge in [-0.3, -0.25) is 4.55 Å². The zero-order valence-corrected chi connectivity index (χ0v) is 20.0. The van der Waals surface area contributed by atoms with Crippen LogP contribution in [0.3, 0.4) is 0 Å². The van der Waals surface area contributed by atoms with Crippen molar-refractivity contribution in [2.45, 2.75) is 102 Å². The topological polar surface area (TPSA) is 91.8 Å². The number of nitrogens with zero attached hydrogens (tertiary/aromatic N) is 1. The summed E-state index contributed by atoms with van der Waals surface area (Å²) in [6.45, 7) is 8.63. The number of sulfonamides is 1. The van der Waals surface area contributed by atoms with E-state index in [-0.39, 0.29) is 19.0 Å². The van der Waals surface area contributed by atoms with Crippen LogP contribution in [0.2, 0.25) is 0 Å². The summed E-state index contributed by atoms with van der Waals surface area (Å²) in [5.74, 6) is -4.05. The van der Waals surface area contributed by atoms with Gasteiger partial charge in [0.15, 0.2) is 5.25 Å². The Balaban J connectivity index is 6.04. The second-order valence-electron chi connectivity index (χ2n) is 7.66. The van der Waals surface area contributed by atoms with Gasteiger partial charge >= 0.3 is 0 Å². The molecule has 0 saturated heterocycles. The third-order valence-corrected chi connectivity index (χ3v) is 9.23. The monoisotopic (exact) mass is 463 g/mol. The van der Waals surface area contributed by atoms with E-state index in [1.165, 1.54) is 13.8 Å². The molecule has 3 unspecified atom stereocenters. The van der Waals surface area contributed by atoms with Gasteiger partial charge in [-0.1, -0.05) is 60.3 Å². The molecule has 0 aromatic carbocycles. The van der Waals surface area contributed by atoms with Crippen LogP contribution in [0.1, 0.15) is 86.0 Å². The third-order valence-electron chi connectivity index (χ3n) is 5.45. The highest BCUT2D eigenvalue weighted by Crippen LogP contribution is 2.37. The van der Waals surface area contributed by atoms with E-state index >= 15 is 8.78 Å². The van der Waals surface area contributed by atoms with Crippen LogP contribution in [0, 0.1) is 5.92 Å². The lowest BCUT2D eigenvalue weighted by Gasteiger charge is -2.35. The summed E-state index contributed by atoms with van der Waals surface area (Å²) >= 11 is 0. The lowest BCUT2D eigenvalue weighted by atomic mass is 9.99. The van der Waals surface area contributed by atoms with Crippen molar-refractivity contribution in [3.05, 3.63) is 0 Å². The van der Waals surface area contributed by atoms with Crippen LogP contribution < -0.4 is 0 Å². The fourth-order valence-corrected chi connectivity index (χ4v) is 6.83. The van der Waals surface area contributed by atoms with Crippen LogP contribution in [0.5, 0.6) is 0 Å². The van der Waals surface area contributed by atoms with Crippen LogP contribution in [0.4, 0.5) is 8.78 Å². The first-order chi connectivity index (χ1) is 13.3. The highest BCUT2D eigenvalue weighted by molar-refractivity contribution is 7.90. The molecular formula is C19H39F2NO5S2. The number of rotatable bonds is 16. The predicted molar refractivity (Wildman–Crippen MR) is 113 cm³/mol. The minimum Gasteiger partial charge on any atom is -0.285 e. The fraction of sp³-hybridized carbons (Fsp3) is 1.00. The van der Waals surface area contributed by atoms with E-state index in [2.05, 4.69) is 0 Å². The van der Waals surface area contributed by atoms with Crippen LogP contribution >= 0.6 is 0 Å². The SMILES string of the molecule is CCCCC(CC)CN(CCCC)S(=O)(=O)C(CC)C(F)(F)C(CC)S(=O)(=O)O. The van der Waals surface area contributed by atoms with E-state index in [9.17, 15) is 21.4 Å². The van der Waals surface area contributed by atoms with Crippen molar-refractivity contribution in [2.24, 2.45) is 5.92 Å². The number of halogens is 2. The molecule has 0 aliphatic heterocycles. The highest BCUT2D eigenvalue weighted by atomic mass is 32.2. The standard InChI is InChI=1S/C19H39F2NO5S2/c1-6-11-13-16(8-3)15-22(14-12-7-2)28(23,24)17(9-4)19(20,21)18(10-5)29(25,26)27/h16-18H,6-15H2,1-5H3,(H,25,26,27). The molecule has 0 bridgehead atoms. The summed E-state index contributed by atoms with van der Waals surface area (Å²) in [6.07, 6.45) is 3.62. The van der Waals surface area contributed by atoms with Crippen LogP contribution in [0.15, 0.2) is 0 Å². The molecule has 1 N–H and O–H groups in total. The van der Waals surface area contributed by atoms with Crippen molar-refractivity contribution < 1.29 is 30.2 Å². The average molecular weight is 464 g/mol. The zero-order valence-electron chi connectivity index (χ0n) is 18.4.